The fourth-order valence-electron chi connectivity index (χ4n) is 7.78. The number of nitrogens with zero attached hydrogens (tertiary/aromatic N) is 4. The summed E-state index contributed by atoms with van der Waals surface area (Å²) in [6, 6.07) is 25.5. The van der Waals surface area contributed by atoms with Gasteiger partial charge < -0.3 is 13.9 Å². The molecule has 0 unspecified atom stereocenters. The molecule has 0 spiro atoms. The van der Waals surface area contributed by atoms with Crippen LogP contribution in [0.15, 0.2) is 206 Å². The molecule has 0 atom stereocenters. The van der Waals surface area contributed by atoms with Crippen LogP contribution in [0.2, 0.25) is 0 Å². The quantitative estimate of drug-likeness (QED) is 0.101. The first kappa shape index (κ1) is 25.1. The Morgan fingerprint density at radius 3 is 2.11 bits per heavy atom. The number of hydrogen-bond donors (Lipinski definition) is 0. The third-order valence-electron chi connectivity index (χ3n) is 10.6. The Morgan fingerprint density at radius 2 is 1.34 bits per heavy atom. The van der Waals surface area contributed by atoms with E-state index in [0.29, 0.717) is 11.0 Å². The first-order valence-electron chi connectivity index (χ1n) is 28.8. The molecule has 64 heavy (non-hydrogen) atoms. The summed E-state index contributed by atoms with van der Waals surface area (Å²) in [6.45, 7) is 3.55. The van der Waals surface area contributed by atoms with E-state index in [1.165, 1.54) is 51.7 Å². The minimum Gasteiger partial charge on any atom is -0.510 e. The Labute approximate surface area is 413 Å². The van der Waals surface area contributed by atoms with Gasteiger partial charge >= 0.3 is 0 Å². The second kappa shape index (κ2) is 17.1. The maximum atomic E-state index is 9.50. The molecule has 3 heterocycles. The van der Waals surface area contributed by atoms with Gasteiger partial charge in [-0.15, -0.1) is 29.6 Å². The van der Waals surface area contributed by atoms with Crippen LogP contribution in [0.4, 0.5) is 0 Å². The molecule has 0 radical (unpaired) electrons. The zero-order chi connectivity index (χ0) is 58.0. The van der Waals surface area contributed by atoms with E-state index >= 15 is 0 Å². The Balaban J connectivity index is 0.00000753. The van der Waals surface area contributed by atoms with Crippen molar-refractivity contribution in [3.63, 3.8) is 0 Å². The zero-order valence-electron chi connectivity index (χ0n) is 51.9. The van der Waals surface area contributed by atoms with Gasteiger partial charge in [-0.25, -0.2) is 4.98 Å². The van der Waals surface area contributed by atoms with Crippen LogP contribution in [0, 0.1) is 18.5 Å². The van der Waals surface area contributed by atoms with Gasteiger partial charge in [-0.3, -0.25) is 4.57 Å². The van der Waals surface area contributed by atoms with Gasteiger partial charge in [0.1, 0.15) is 5.82 Å². The van der Waals surface area contributed by atoms with Gasteiger partial charge in [0.15, 0.2) is 0 Å². The fourth-order valence-corrected chi connectivity index (χ4v) is 7.78. The summed E-state index contributed by atoms with van der Waals surface area (Å²) in [5.74, 6) is -0.301. The van der Waals surface area contributed by atoms with E-state index in [1.54, 1.807) is 54.8 Å². The van der Waals surface area contributed by atoms with Crippen molar-refractivity contribution in [1.82, 2.24) is 14.1 Å². The fraction of sp³-hybridized carbons (Fsp3) is 0.0690. The van der Waals surface area contributed by atoms with E-state index < -0.39 is 108 Å². The molecule has 11 aromatic rings. The zero-order valence-corrected chi connectivity index (χ0v) is 36.2. The van der Waals surface area contributed by atoms with E-state index in [2.05, 4.69) is 23.4 Å². The molecule has 5 nitrogen and oxygen atoms in total. The minimum atomic E-state index is -2.04. The van der Waals surface area contributed by atoms with Crippen LogP contribution in [-0.4, -0.2) is 14.1 Å². The van der Waals surface area contributed by atoms with Crippen LogP contribution in [0.5, 0.6) is 11.5 Å². The van der Waals surface area contributed by atoms with Gasteiger partial charge in [0, 0.05) is 48.4 Å². The van der Waals surface area contributed by atoms with Gasteiger partial charge in [0.25, 0.3) is 6.33 Å². The van der Waals surface area contributed by atoms with Crippen LogP contribution in [0.1, 0.15) is 49.6 Å². The Hall–Kier alpha value is -7.33. The van der Waals surface area contributed by atoms with Crippen molar-refractivity contribution in [3.05, 3.63) is 236 Å². The molecule has 0 saturated heterocycles. The largest absolute Gasteiger partial charge is 0.510 e. The van der Waals surface area contributed by atoms with Crippen molar-refractivity contribution in [3.8, 4) is 50.9 Å². The summed E-state index contributed by atoms with van der Waals surface area (Å²) < 4.78 is 171. The molecule has 312 valence electrons. The van der Waals surface area contributed by atoms with E-state index in [4.69, 9.17) is 23.9 Å². The predicted molar refractivity (Wildman–Crippen MR) is 254 cm³/mol. The van der Waals surface area contributed by atoms with Gasteiger partial charge in [-0.05, 0) is 75.8 Å². The van der Waals surface area contributed by atoms with E-state index in [-0.39, 0.29) is 99.4 Å². The molecular formula is C58H42N4OPt-2. The Morgan fingerprint density at radius 1 is 0.656 bits per heavy atom. The second-order valence-electron chi connectivity index (χ2n) is 15.0. The van der Waals surface area contributed by atoms with E-state index in [9.17, 15) is 5.48 Å². The number of imidazole rings is 1. The van der Waals surface area contributed by atoms with E-state index in [0.717, 1.165) is 5.56 Å². The molecule has 0 bridgehead atoms. The van der Waals surface area contributed by atoms with Crippen molar-refractivity contribution >= 4 is 32.8 Å². The molecule has 0 aliphatic carbocycles. The third kappa shape index (κ3) is 7.52. The topological polar surface area (TPSA) is 35.9 Å². The molecule has 3 aromatic heterocycles. The molecule has 0 amide bonds. The summed E-state index contributed by atoms with van der Waals surface area (Å²) >= 11 is 0. The average molecular weight is 1020 g/mol. The van der Waals surface area contributed by atoms with Gasteiger partial charge in [0.2, 0.25) is 0 Å². The summed E-state index contributed by atoms with van der Waals surface area (Å²) in [7, 11) is 0. The van der Waals surface area contributed by atoms with Crippen molar-refractivity contribution in [2.75, 3.05) is 0 Å². The summed E-state index contributed by atoms with van der Waals surface area (Å²) in [4.78, 5) is 4.59. The SMILES string of the molecule is [2H]c1c([2H])c([2H])c(-c2cccc(-c3c([2H])c([2H])c([2H])c([2H])c3[2H])c2-[n+]2[c-]n(-c3[c-]c(Oc4[c-]c5c(c([2H])c4[2H])c4c([2H])c([2H])c([2H])c([2H])c4n5-c4cc(C([2H])([2H])C(C)(C)c5ccccc5)ccn4)ccc3)c3ccccc32)c([2H])c1[2H].[Pt]. The predicted octanol–water partition coefficient (Wildman–Crippen LogP) is 13.4. The van der Waals surface area contributed by atoms with Crippen molar-refractivity contribution < 1.29 is 55.0 Å². The molecule has 0 N–H and O–H groups in total. The van der Waals surface area contributed by atoms with Crippen LogP contribution in [0.25, 0.3) is 72.3 Å². The van der Waals surface area contributed by atoms with Crippen molar-refractivity contribution in [2.24, 2.45) is 0 Å². The molecular weight excluding hydrogens is 964 g/mol. The van der Waals surface area contributed by atoms with Gasteiger partial charge in [0.05, 0.1) is 35.9 Å². The second-order valence-corrected chi connectivity index (χ2v) is 15.0. The number of para-hydroxylation sites is 4. The van der Waals surface area contributed by atoms with Crippen LogP contribution in [-0.2, 0) is 32.9 Å². The maximum absolute atomic E-state index is 9.50. The monoisotopic (exact) mass is 1020 g/mol. The summed E-state index contributed by atoms with van der Waals surface area (Å²) in [5, 5.41) is -0.145. The molecule has 0 fully saturated rings. The van der Waals surface area contributed by atoms with Gasteiger partial charge in [-0.2, -0.15) is 18.2 Å². The third-order valence-corrected chi connectivity index (χ3v) is 10.6. The standard InChI is InChI=1S/C58H42N4O.Pt/c1-58(2,44-22-10-5-11-23-44)39-41-34-35-59-56(36-41)62-52-29-13-12-26-50(52)51-33-32-47(38-55(51)62)63-46-25-16-24-45(37-46)60-40-61(54-31-15-14-30-53(54)60)57-48(42-18-6-3-7-19-42)27-17-28-49(57)43-20-8-4-9-21-43;/h3-36H,39H2,1-2H3;/q-2;/i3D,4D,6D,7D,8D,9D,12D,13D,18D,19D,20D,21D,26D,29D,32D,33D,39D2;. The molecule has 0 aliphatic heterocycles. The van der Waals surface area contributed by atoms with Crippen LogP contribution < -0.4 is 9.30 Å². The molecule has 11 rings (SSSR count). The molecule has 0 saturated carbocycles. The van der Waals surface area contributed by atoms with Crippen LogP contribution >= 0.6 is 0 Å². The number of benzene rings is 8. The molecule has 0 aliphatic rings. The average Bonchev–Trinajstić information content (AvgIpc) is 2.82. The minimum absolute atomic E-state index is 0. The number of ether oxygens (including phenoxy) is 1. The van der Waals surface area contributed by atoms with Crippen molar-refractivity contribution in [1.29, 1.82) is 0 Å². The van der Waals surface area contributed by atoms with Gasteiger partial charge in [-0.1, -0.05) is 171 Å². The Bertz CT molecular complexity index is 4340. The molecule has 6 heteroatoms. The number of pyridine rings is 1. The van der Waals surface area contributed by atoms with Crippen LogP contribution in [0.3, 0.4) is 0 Å². The smallest absolute Gasteiger partial charge is 0.268 e. The van der Waals surface area contributed by atoms with Crippen molar-refractivity contribution in [2.45, 2.75) is 25.6 Å². The number of rotatable bonds is 10. The van der Waals surface area contributed by atoms with E-state index in [1.807, 2.05) is 30.3 Å². The maximum Gasteiger partial charge on any atom is 0.268 e. The number of hydrogen-bond acceptors (Lipinski definition) is 2. The summed E-state index contributed by atoms with van der Waals surface area (Å²) in [6.07, 6.45) is 2.64. The number of fused-ring (bicyclic) bond motifs is 4. The normalized spacial score (nSPS) is 15.7. The number of aromatic nitrogens is 4. The Kier molecular flexibility index (Phi) is 6.70. The molecule has 8 aromatic carbocycles. The first-order valence-corrected chi connectivity index (χ1v) is 19.8. The first-order chi connectivity index (χ1) is 38.4. The summed E-state index contributed by atoms with van der Waals surface area (Å²) in [5.41, 5.74) is 0.502.